The lowest BCUT2D eigenvalue weighted by atomic mass is 9.90. The van der Waals surface area contributed by atoms with Crippen LogP contribution in [0, 0.1) is 5.41 Å². The highest BCUT2D eigenvalue weighted by atomic mass is 16.4. The van der Waals surface area contributed by atoms with E-state index in [0.717, 1.165) is 4.90 Å². The van der Waals surface area contributed by atoms with Gasteiger partial charge in [-0.05, 0) is 13.3 Å². The molecule has 0 aromatic rings. The molecule has 2 heterocycles. The van der Waals surface area contributed by atoms with Crippen LogP contribution >= 0.6 is 0 Å². The van der Waals surface area contributed by atoms with E-state index in [1.54, 1.807) is 6.92 Å². The smallest absolute Gasteiger partial charge is 0.318 e. The van der Waals surface area contributed by atoms with Crippen LogP contribution in [-0.4, -0.2) is 64.9 Å². The summed E-state index contributed by atoms with van der Waals surface area (Å²) in [5.74, 6) is -1.72. The van der Waals surface area contributed by atoms with E-state index in [4.69, 9.17) is 5.11 Å². The molecule has 0 radical (unpaired) electrons. The minimum atomic E-state index is -0.955. The first-order valence-electron chi connectivity index (χ1n) is 6.34. The SMILES string of the molecule is CN1C(=O)CC(NC(=O)N2CCC(C)(C(=O)O)C2)C1=O. The zero-order valence-corrected chi connectivity index (χ0v) is 11.4. The number of carboxylic acid groups (broad SMARTS) is 1. The number of likely N-dealkylation sites (N-methyl/N-ethyl adjacent to an activating group) is 1. The standard InChI is InChI=1S/C12H17N3O5/c1-12(10(18)19)3-4-15(6-12)11(20)13-7-5-8(16)14(2)9(7)17/h7H,3-6H2,1-2H3,(H,13,20)(H,18,19). The second-order valence-electron chi connectivity index (χ2n) is 5.53. The fourth-order valence-electron chi connectivity index (χ4n) is 2.42. The highest BCUT2D eigenvalue weighted by Crippen LogP contribution is 2.30. The van der Waals surface area contributed by atoms with Gasteiger partial charge in [0.2, 0.25) is 5.91 Å². The summed E-state index contributed by atoms with van der Waals surface area (Å²) in [6.45, 7) is 2.00. The molecule has 8 nitrogen and oxygen atoms in total. The van der Waals surface area contributed by atoms with Crippen LogP contribution in [0.1, 0.15) is 19.8 Å². The molecule has 0 aliphatic carbocycles. The van der Waals surface area contributed by atoms with Crippen LogP contribution in [-0.2, 0) is 14.4 Å². The third kappa shape index (κ3) is 2.33. The quantitative estimate of drug-likeness (QED) is 0.648. The molecule has 2 aliphatic rings. The minimum Gasteiger partial charge on any atom is -0.481 e. The summed E-state index contributed by atoms with van der Waals surface area (Å²) >= 11 is 0. The Kier molecular flexibility index (Phi) is 3.41. The van der Waals surface area contributed by atoms with Crippen LogP contribution in [0.15, 0.2) is 0 Å². The van der Waals surface area contributed by atoms with Gasteiger partial charge in [0.1, 0.15) is 6.04 Å². The van der Waals surface area contributed by atoms with Crippen molar-refractivity contribution >= 4 is 23.8 Å². The Labute approximate surface area is 115 Å². The van der Waals surface area contributed by atoms with Crippen LogP contribution < -0.4 is 5.32 Å². The Hall–Kier alpha value is -2.12. The number of nitrogens with zero attached hydrogens (tertiary/aromatic N) is 2. The molecule has 0 spiro atoms. The van der Waals surface area contributed by atoms with E-state index in [-0.39, 0.29) is 18.9 Å². The van der Waals surface area contributed by atoms with E-state index in [1.807, 2.05) is 0 Å². The summed E-state index contributed by atoms with van der Waals surface area (Å²) in [6, 6.07) is -1.35. The summed E-state index contributed by atoms with van der Waals surface area (Å²) in [5, 5.41) is 11.6. The molecule has 2 fully saturated rings. The Bertz CT molecular complexity index is 491. The normalized spacial score (nSPS) is 30.0. The zero-order chi connectivity index (χ0) is 15.1. The molecule has 0 aromatic heterocycles. The molecule has 110 valence electrons. The van der Waals surface area contributed by atoms with E-state index < -0.39 is 29.4 Å². The van der Waals surface area contributed by atoms with Crippen LogP contribution in [0.5, 0.6) is 0 Å². The number of rotatable bonds is 2. The number of aliphatic carboxylic acids is 1. The number of amides is 4. The lowest BCUT2D eigenvalue weighted by Crippen LogP contribution is -2.47. The minimum absolute atomic E-state index is 0.0505. The summed E-state index contributed by atoms with van der Waals surface area (Å²) in [5.41, 5.74) is -0.955. The first kappa shape index (κ1) is 14.3. The molecule has 8 heteroatoms. The molecule has 2 aliphatic heterocycles. The van der Waals surface area contributed by atoms with Gasteiger partial charge in [-0.3, -0.25) is 19.3 Å². The molecule has 0 saturated carbocycles. The molecular weight excluding hydrogens is 266 g/mol. The maximum absolute atomic E-state index is 12.0. The van der Waals surface area contributed by atoms with Crippen molar-refractivity contribution in [3.8, 4) is 0 Å². The molecule has 0 aromatic carbocycles. The van der Waals surface area contributed by atoms with Crippen molar-refractivity contribution in [3.05, 3.63) is 0 Å². The number of nitrogens with one attached hydrogen (secondary N) is 1. The third-order valence-corrected chi connectivity index (χ3v) is 3.96. The Morgan fingerprint density at radius 2 is 2.05 bits per heavy atom. The molecule has 2 N–H and O–H groups in total. The van der Waals surface area contributed by atoms with E-state index >= 15 is 0 Å². The number of urea groups is 1. The van der Waals surface area contributed by atoms with Crippen LogP contribution in [0.25, 0.3) is 0 Å². The van der Waals surface area contributed by atoms with Crippen molar-refractivity contribution in [2.45, 2.75) is 25.8 Å². The summed E-state index contributed by atoms with van der Waals surface area (Å²) in [6.07, 6.45) is 0.318. The molecular formula is C12H17N3O5. The number of hydrogen-bond acceptors (Lipinski definition) is 4. The Morgan fingerprint density at radius 3 is 2.50 bits per heavy atom. The first-order valence-corrected chi connectivity index (χ1v) is 6.34. The average Bonchev–Trinajstić information content (AvgIpc) is 2.89. The second kappa shape index (κ2) is 4.77. The monoisotopic (exact) mass is 283 g/mol. The lowest BCUT2D eigenvalue weighted by molar-refractivity contribution is -0.147. The highest BCUT2D eigenvalue weighted by Gasteiger charge is 2.44. The molecule has 2 atom stereocenters. The fourth-order valence-corrected chi connectivity index (χ4v) is 2.42. The van der Waals surface area contributed by atoms with Gasteiger partial charge in [-0.1, -0.05) is 0 Å². The predicted octanol–water partition coefficient (Wildman–Crippen LogP) is -0.750. The van der Waals surface area contributed by atoms with Gasteiger partial charge in [0.25, 0.3) is 5.91 Å². The molecule has 0 bridgehead atoms. The van der Waals surface area contributed by atoms with E-state index in [9.17, 15) is 19.2 Å². The highest BCUT2D eigenvalue weighted by molar-refractivity contribution is 6.06. The number of hydrogen-bond donors (Lipinski definition) is 2. The predicted molar refractivity (Wildman–Crippen MR) is 66.6 cm³/mol. The molecule has 20 heavy (non-hydrogen) atoms. The van der Waals surface area contributed by atoms with Crippen molar-refractivity contribution in [1.82, 2.24) is 15.1 Å². The average molecular weight is 283 g/mol. The van der Waals surface area contributed by atoms with Gasteiger partial charge in [-0.15, -0.1) is 0 Å². The van der Waals surface area contributed by atoms with Crippen molar-refractivity contribution in [3.63, 3.8) is 0 Å². The molecule has 2 rings (SSSR count). The van der Waals surface area contributed by atoms with Gasteiger partial charge in [-0.2, -0.15) is 0 Å². The van der Waals surface area contributed by atoms with Gasteiger partial charge in [-0.25, -0.2) is 4.79 Å². The van der Waals surface area contributed by atoms with Gasteiger partial charge >= 0.3 is 12.0 Å². The van der Waals surface area contributed by atoms with Gasteiger partial charge in [0.15, 0.2) is 0 Å². The summed E-state index contributed by atoms with van der Waals surface area (Å²) in [4.78, 5) is 48.5. The first-order chi connectivity index (χ1) is 9.24. The largest absolute Gasteiger partial charge is 0.481 e. The number of carbonyl (C=O) groups excluding carboxylic acids is 3. The van der Waals surface area contributed by atoms with Crippen LogP contribution in [0.2, 0.25) is 0 Å². The van der Waals surface area contributed by atoms with Crippen molar-refractivity contribution in [1.29, 1.82) is 0 Å². The van der Waals surface area contributed by atoms with Gasteiger partial charge < -0.3 is 15.3 Å². The van der Waals surface area contributed by atoms with E-state index in [1.165, 1.54) is 11.9 Å². The second-order valence-corrected chi connectivity index (χ2v) is 5.53. The number of likely N-dealkylation sites (tertiary alicyclic amines) is 2. The Balaban J connectivity index is 1.96. The zero-order valence-electron chi connectivity index (χ0n) is 11.4. The van der Waals surface area contributed by atoms with E-state index in [2.05, 4.69) is 5.32 Å². The van der Waals surface area contributed by atoms with Gasteiger partial charge in [0.05, 0.1) is 11.8 Å². The summed E-state index contributed by atoms with van der Waals surface area (Å²) < 4.78 is 0. The van der Waals surface area contributed by atoms with Crippen molar-refractivity contribution < 1.29 is 24.3 Å². The van der Waals surface area contributed by atoms with Gasteiger partial charge in [0, 0.05) is 20.1 Å². The number of carbonyl (C=O) groups is 4. The van der Waals surface area contributed by atoms with Crippen LogP contribution in [0.3, 0.4) is 0 Å². The third-order valence-electron chi connectivity index (χ3n) is 3.96. The topological polar surface area (TPSA) is 107 Å². The maximum Gasteiger partial charge on any atom is 0.318 e. The summed E-state index contributed by atoms with van der Waals surface area (Å²) in [7, 11) is 1.37. The Morgan fingerprint density at radius 1 is 1.40 bits per heavy atom. The maximum atomic E-state index is 12.0. The molecule has 2 saturated heterocycles. The number of carboxylic acids is 1. The molecule has 2 unspecified atom stereocenters. The van der Waals surface area contributed by atoms with Crippen molar-refractivity contribution in [2.75, 3.05) is 20.1 Å². The van der Waals surface area contributed by atoms with Crippen molar-refractivity contribution in [2.24, 2.45) is 5.41 Å². The number of imide groups is 1. The van der Waals surface area contributed by atoms with Crippen LogP contribution in [0.4, 0.5) is 4.79 Å². The lowest BCUT2D eigenvalue weighted by Gasteiger charge is -2.21. The molecule has 4 amide bonds. The fraction of sp³-hybridized carbons (Fsp3) is 0.667. The van der Waals surface area contributed by atoms with E-state index in [0.29, 0.717) is 13.0 Å².